The standard InChI is InChI=1S/C23H22ClFN2O5/c1-13(2)32-20(22(28)29)11-15-10-17(7-8-18(15)25)26-23(30)31-12-16-9-14-5-3-4-6-19(14)27-21(16)24/h3-10,13,20H,11-12H2,1-2H3,(H,26,30)(H,28,29). The molecule has 1 unspecified atom stereocenters. The number of fused-ring (bicyclic) bond motifs is 1. The molecular formula is C23H22ClFN2O5. The number of benzene rings is 2. The average Bonchev–Trinajstić information content (AvgIpc) is 2.73. The van der Waals surface area contributed by atoms with Crippen LogP contribution in [0.15, 0.2) is 48.5 Å². The lowest BCUT2D eigenvalue weighted by Gasteiger charge is -2.17. The number of ether oxygens (including phenoxy) is 2. The zero-order valence-corrected chi connectivity index (χ0v) is 18.2. The van der Waals surface area contributed by atoms with Crippen LogP contribution in [0.25, 0.3) is 10.9 Å². The van der Waals surface area contributed by atoms with Gasteiger partial charge in [-0.2, -0.15) is 0 Å². The number of para-hydroxylation sites is 1. The van der Waals surface area contributed by atoms with Gasteiger partial charge in [-0.1, -0.05) is 29.8 Å². The number of halogens is 2. The maximum atomic E-state index is 14.2. The number of rotatable bonds is 8. The second-order valence-corrected chi connectivity index (χ2v) is 7.71. The molecule has 3 rings (SSSR count). The van der Waals surface area contributed by atoms with E-state index in [0.29, 0.717) is 5.56 Å². The fraction of sp³-hybridized carbons (Fsp3) is 0.261. The Labute approximate surface area is 189 Å². The van der Waals surface area contributed by atoms with Gasteiger partial charge in [-0.05, 0) is 49.7 Å². The number of anilines is 1. The van der Waals surface area contributed by atoms with E-state index in [0.717, 1.165) is 17.0 Å². The lowest BCUT2D eigenvalue weighted by atomic mass is 10.1. The number of carboxylic acid groups (broad SMARTS) is 1. The van der Waals surface area contributed by atoms with Crippen LogP contribution in [0.5, 0.6) is 0 Å². The number of carbonyl (C=O) groups excluding carboxylic acids is 1. The summed E-state index contributed by atoms with van der Waals surface area (Å²) in [6, 6.07) is 13.0. The van der Waals surface area contributed by atoms with Crippen LogP contribution in [-0.4, -0.2) is 34.4 Å². The first-order chi connectivity index (χ1) is 15.2. The molecule has 1 heterocycles. The Morgan fingerprint density at radius 1 is 1.16 bits per heavy atom. The van der Waals surface area contributed by atoms with E-state index in [9.17, 15) is 19.1 Å². The lowest BCUT2D eigenvalue weighted by Crippen LogP contribution is -2.29. The fourth-order valence-electron chi connectivity index (χ4n) is 3.07. The Hall–Kier alpha value is -3.23. The summed E-state index contributed by atoms with van der Waals surface area (Å²) >= 11 is 6.17. The molecule has 1 atom stereocenters. The van der Waals surface area contributed by atoms with Gasteiger partial charge in [0.05, 0.1) is 11.6 Å². The molecule has 2 aromatic carbocycles. The van der Waals surface area contributed by atoms with Crippen LogP contribution >= 0.6 is 11.6 Å². The van der Waals surface area contributed by atoms with Gasteiger partial charge in [0.2, 0.25) is 0 Å². The minimum Gasteiger partial charge on any atom is -0.479 e. The highest BCUT2D eigenvalue weighted by molar-refractivity contribution is 6.30. The van der Waals surface area contributed by atoms with Crippen LogP contribution in [0.3, 0.4) is 0 Å². The van der Waals surface area contributed by atoms with E-state index in [4.69, 9.17) is 21.1 Å². The second-order valence-electron chi connectivity index (χ2n) is 7.35. The van der Waals surface area contributed by atoms with Crippen LogP contribution in [0.4, 0.5) is 14.9 Å². The summed E-state index contributed by atoms with van der Waals surface area (Å²) in [6.07, 6.45) is -2.52. The topological polar surface area (TPSA) is 97.8 Å². The van der Waals surface area contributed by atoms with Crippen molar-refractivity contribution in [2.24, 2.45) is 0 Å². The second kappa shape index (κ2) is 10.4. The number of hydrogen-bond acceptors (Lipinski definition) is 5. The van der Waals surface area contributed by atoms with Crippen LogP contribution in [0, 0.1) is 5.82 Å². The minimum atomic E-state index is -1.21. The molecule has 2 N–H and O–H groups in total. The number of aromatic nitrogens is 1. The highest BCUT2D eigenvalue weighted by Crippen LogP contribution is 2.22. The molecule has 168 valence electrons. The number of pyridine rings is 1. The van der Waals surface area contributed by atoms with Crippen molar-refractivity contribution in [1.82, 2.24) is 4.98 Å². The van der Waals surface area contributed by atoms with E-state index in [1.807, 2.05) is 24.3 Å². The number of hydrogen-bond donors (Lipinski definition) is 2. The summed E-state index contributed by atoms with van der Waals surface area (Å²) in [5.41, 5.74) is 1.61. The van der Waals surface area contributed by atoms with Crippen molar-refractivity contribution in [3.05, 3.63) is 70.6 Å². The predicted molar refractivity (Wildman–Crippen MR) is 118 cm³/mol. The molecule has 0 radical (unpaired) electrons. The molecule has 7 nitrogen and oxygen atoms in total. The molecule has 0 saturated heterocycles. The van der Waals surface area contributed by atoms with Gasteiger partial charge in [0.1, 0.15) is 17.6 Å². The molecule has 0 aliphatic rings. The Morgan fingerprint density at radius 3 is 2.62 bits per heavy atom. The van der Waals surface area contributed by atoms with E-state index in [1.165, 1.54) is 12.1 Å². The van der Waals surface area contributed by atoms with Gasteiger partial charge in [0.15, 0.2) is 6.10 Å². The normalized spacial score (nSPS) is 12.0. The molecule has 0 bridgehead atoms. The highest BCUT2D eigenvalue weighted by atomic mass is 35.5. The van der Waals surface area contributed by atoms with Gasteiger partial charge in [-0.25, -0.2) is 19.0 Å². The van der Waals surface area contributed by atoms with Gasteiger partial charge < -0.3 is 14.6 Å². The van der Waals surface area contributed by atoms with Crippen LogP contribution in [-0.2, 0) is 27.3 Å². The molecule has 3 aromatic rings. The molecular weight excluding hydrogens is 439 g/mol. The van der Waals surface area contributed by atoms with Crippen molar-refractivity contribution in [1.29, 1.82) is 0 Å². The Kier molecular flexibility index (Phi) is 7.61. The van der Waals surface area contributed by atoms with Crippen LogP contribution < -0.4 is 5.32 Å². The predicted octanol–water partition coefficient (Wildman–Crippen LogP) is 5.20. The molecule has 0 aliphatic carbocycles. The Morgan fingerprint density at radius 2 is 1.91 bits per heavy atom. The molecule has 0 fully saturated rings. The number of amides is 1. The molecule has 0 saturated carbocycles. The molecule has 1 amide bonds. The summed E-state index contributed by atoms with van der Waals surface area (Å²) in [6.45, 7) is 3.27. The molecule has 32 heavy (non-hydrogen) atoms. The SMILES string of the molecule is CC(C)OC(Cc1cc(NC(=O)OCc2cc3ccccc3nc2Cl)ccc1F)C(=O)O. The van der Waals surface area contributed by atoms with Crippen molar-refractivity contribution >= 4 is 40.3 Å². The molecule has 0 aliphatic heterocycles. The summed E-state index contributed by atoms with van der Waals surface area (Å²) in [5, 5.41) is 12.9. The zero-order chi connectivity index (χ0) is 23.3. The maximum absolute atomic E-state index is 14.2. The summed E-state index contributed by atoms with van der Waals surface area (Å²) in [4.78, 5) is 27.9. The zero-order valence-electron chi connectivity index (χ0n) is 17.5. The number of carbonyl (C=O) groups is 2. The van der Waals surface area contributed by atoms with Gasteiger partial charge in [0.25, 0.3) is 0 Å². The quantitative estimate of drug-likeness (QED) is 0.448. The van der Waals surface area contributed by atoms with E-state index < -0.39 is 24.0 Å². The first-order valence-electron chi connectivity index (χ1n) is 9.87. The van der Waals surface area contributed by atoms with Crippen LogP contribution in [0.1, 0.15) is 25.0 Å². The molecule has 1 aromatic heterocycles. The van der Waals surface area contributed by atoms with Gasteiger partial charge >= 0.3 is 12.1 Å². The number of nitrogens with zero attached hydrogens (tertiary/aromatic N) is 1. The van der Waals surface area contributed by atoms with Gasteiger partial charge in [-0.15, -0.1) is 0 Å². The van der Waals surface area contributed by atoms with Crippen molar-refractivity contribution in [3.63, 3.8) is 0 Å². The Balaban J connectivity index is 1.66. The van der Waals surface area contributed by atoms with Gasteiger partial charge in [-0.3, -0.25) is 5.32 Å². The van der Waals surface area contributed by atoms with Crippen molar-refractivity contribution in [2.45, 2.75) is 39.1 Å². The van der Waals surface area contributed by atoms with E-state index in [-0.39, 0.29) is 35.5 Å². The van der Waals surface area contributed by atoms with Crippen molar-refractivity contribution in [2.75, 3.05) is 5.32 Å². The minimum absolute atomic E-state index is 0.0950. The third-order valence-corrected chi connectivity index (χ3v) is 4.85. The monoisotopic (exact) mass is 460 g/mol. The number of carboxylic acids is 1. The highest BCUT2D eigenvalue weighted by Gasteiger charge is 2.22. The van der Waals surface area contributed by atoms with E-state index >= 15 is 0 Å². The number of nitrogens with one attached hydrogen (secondary N) is 1. The first kappa shape index (κ1) is 23.4. The average molecular weight is 461 g/mol. The summed E-state index contributed by atoms with van der Waals surface area (Å²) in [5.74, 6) is -1.80. The van der Waals surface area contributed by atoms with Gasteiger partial charge in [0, 0.05) is 23.1 Å². The molecule has 9 heteroatoms. The maximum Gasteiger partial charge on any atom is 0.411 e. The molecule has 0 spiro atoms. The summed E-state index contributed by atoms with van der Waals surface area (Å²) < 4.78 is 24.7. The Bertz CT molecular complexity index is 1140. The first-order valence-corrected chi connectivity index (χ1v) is 10.3. The largest absolute Gasteiger partial charge is 0.479 e. The fourth-order valence-corrected chi connectivity index (χ4v) is 3.27. The smallest absolute Gasteiger partial charge is 0.411 e. The van der Waals surface area contributed by atoms with E-state index in [1.54, 1.807) is 19.9 Å². The lowest BCUT2D eigenvalue weighted by molar-refractivity contribution is -0.153. The van der Waals surface area contributed by atoms with E-state index in [2.05, 4.69) is 10.3 Å². The van der Waals surface area contributed by atoms with Crippen LogP contribution in [0.2, 0.25) is 5.15 Å². The van der Waals surface area contributed by atoms with Crippen molar-refractivity contribution in [3.8, 4) is 0 Å². The van der Waals surface area contributed by atoms with Crippen molar-refractivity contribution < 1.29 is 28.6 Å². The third kappa shape index (κ3) is 6.15. The summed E-state index contributed by atoms with van der Waals surface area (Å²) in [7, 11) is 0. The third-order valence-electron chi connectivity index (χ3n) is 4.52. The number of aliphatic carboxylic acids is 1.